The van der Waals surface area contributed by atoms with Crippen LogP contribution in [0.25, 0.3) is 6.08 Å². The third-order valence-electron chi connectivity index (χ3n) is 5.10. The molecule has 0 aromatic heterocycles. The summed E-state index contributed by atoms with van der Waals surface area (Å²) in [6.45, 7) is 8.34. The maximum absolute atomic E-state index is 13.1. The number of thioether (sulfide) groups is 1. The van der Waals surface area contributed by atoms with Crippen LogP contribution in [0.4, 0.5) is 0 Å². The lowest BCUT2D eigenvalue weighted by Crippen LogP contribution is -2.30. The SMILES string of the molecule is CCCCN=C1S/C(=C\c2ccccc2OCc2ccc(C)cc2)C(=O)N1CCCC. The summed E-state index contributed by atoms with van der Waals surface area (Å²) < 4.78 is 6.10. The molecule has 0 aliphatic carbocycles. The third-order valence-corrected chi connectivity index (χ3v) is 6.15. The molecule has 1 saturated heterocycles. The molecule has 0 unspecified atom stereocenters. The van der Waals surface area contributed by atoms with Crippen molar-refractivity contribution < 1.29 is 9.53 Å². The van der Waals surface area contributed by atoms with Gasteiger partial charge in [-0.1, -0.05) is 74.7 Å². The second-order valence-corrected chi connectivity index (χ2v) is 8.76. The second kappa shape index (κ2) is 11.8. The summed E-state index contributed by atoms with van der Waals surface area (Å²) in [6, 6.07) is 16.2. The van der Waals surface area contributed by atoms with Gasteiger partial charge in [0.2, 0.25) is 0 Å². The zero-order chi connectivity index (χ0) is 22.1. The first-order valence-corrected chi connectivity index (χ1v) is 12.0. The van der Waals surface area contributed by atoms with Gasteiger partial charge < -0.3 is 4.74 Å². The van der Waals surface area contributed by atoms with Crippen LogP contribution in [0.2, 0.25) is 0 Å². The van der Waals surface area contributed by atoms with E-state index in [2.05, 4.69) is 45.0 Å². The van der Waals surface area contributed by atoms with Crippen LogP contribution < -0.4 is 4.74 Å². The Morgan fingerprint density at radius 1 is 1.03 bits per heavy atom. The van der Waals surface area contributed by atoms with Crippen LogP contribution in [0.3, 0.4) is 0 Å². The smallest absolute Gasteiger partial charge is 0.266 e. The van der Waals surface area contributed by atoms with Crippen LogP contribution in [-0.2, 0) is 11.4 Å². The van der Waals surface area contributed by atoms with Gasteiger partial charge in [0, 0.05) is 18.7 Å². The van der Waals surface area contributed by atoms with E-state index in [1.165, 1.54) is 17.3 Å². The normalized spacial score (nSPS) is 16.5. The molecule has 1 aliphatic heterocycles. The average Bonchev–Trinajstić information content (AvgIpc) is 3.07. The van der Waals surface area contributed by atoms with Crippen molar-refractivity contribution in [2.24, 2.45) is 4.99 Å². The molecule has 0 N–H and O–H groups in total. The molecule has 0 spiro atoms. The summed E-state index contributed by atoms with van der Waals surface area (Å²) in [5.41, 5.74) is 3.26. The summed E-state index contributed by atoms with van der Waals surface area (Å²) in [5.74, 6) is 0.822. The van der Waals surface area contributed by atoms with Gasteiger partial charge in [-0.05, 0) is 49.2 Å². The number of amidine groups is 1. The molecular weight excluding hydrogens is 404 g/mol. The lowest BCUT2D eigenvalue weighted by Gasteiger charge is -2.14. The first-order valence-electron chi connectivity index (χ1n) is 11.2. The summed E-state index contributed by atoms with van der Waals surface area (Å²) in [6.07, 6.45) is 6.10. The number of ether oxygens (including phenoxy) is 1. The molecule has 0 radical (unpaired) electrons. The molecule has 5 heteroatoms. The fourth-order valence-corrected chi connectivity index (χ4v) is 4.21. The summed E-state index contributed by atoms with van der Waals surface area (Å²) in [7, 11) is 0. The zero-order valence-electron chi connectivity index (χ0n) is 18.8. The van der Waals surface area contributed by atoms with Gasteiger partial charge in [-0.2, -0.15) is 0 Å². The van der Waals surface area contributed by atoms with E-state index in [9.17, 15) is 4.79 Å². The molecule has 0 atom stereocenters. The largest absolute Gasteiger partial charge is 0.488 e. The molecule has 1 fully saturated rings. The van der Waals surface area contributed by atoms with Crippen molar-refractivity contribution in [3.63, 3.8) is 0 Å². The van der Waals surface area contributed by atoms with Gasteiger partial charge in [-0.15, -0.1) is 0 Å². The number of aryl methyl sites for hydroxylation is 1. The van der Waals surface area contributed by atoms with Gasteiger partial charge in [0.15, 0.2) is 5.17 Å². The highest BCUT2D eigenvalue weighted by Gasteiger charge is 2.32. The number of unbranched alkanes of at least 4 members (excludes halogenated alkanes) is 2. The summed E-state index contributed by atoms with van der Waals surface area (Å²) in [5, 5.41) is 0.830. The predicted molar refractivity (Wildman–Crippen MR) is 131 cm³/mol. The molecule has 1 heterocycles. The van der Waals surface area contributed by atoms with Crippen LogP contribution in [-0.4, -0.2) is 29.1 Å². The molecule has 31 heavy (non-hydrogen) atoms. The molecule has 4 nitrogen and oxygen atoms in total. The van der Waals surface area contributed by atoms with Crippen LogP contribution in [0.5, 0.6) is 5.75 Å². The first-order chi connectivity index (χ1) is 15.1. The van der Waals surface area contributed by atoms with E-state index < -0.39 is 0 Å². The van der Waals surface area contributed by atoms with Crippen molar-refractivity contribution in [2.75, 3.05) is 13.1 Å². The van der Waals surface area contributed by atoms with Crippen LogP contribution in [0.1, 0.15) is 56.2 Å². The van der Waals surface area contributed by atoms with Crippen LogP contribution in [0.15, 0.2) is 58.4 Å². The second-order valence-electron chi connectivity index (χ2n) is 7.75. The quantitative estimate of drug-likeness (QED) is 0.318. The zero-order valence-corrected chi connectivity index (χ0v) is 19.6. The maximum Gasteiger partial charge on any atom is 0.266 e. The fourth-order valence-electron chi connectivity index (χ4n) is 3.19. The third kappa shape index (κ3) is 6.47. The van der Waals surface area contributed by atoms with Crippen molar-refractivity contribution in [1.82, 2.24) is 4.90 Å². The minimum Gasteiger partial charge on any atom is -0.488 e. The van der Waals surface area contributed by atoms with E-state index in [1.807, 2.05) is 35.2 Å². The molecule has 1 amide bonds. The van der Waals surface area contributed by atoms with Crippen LogP contribution in [0, 0.1) is 6.92 Å². The number of rotatable bonds is 10. The Labute approximate surface area is 190 Å². The first kappa shape index (κ1) is 23.1. The van der Waals surface area contributed by atoms with E-state index >= 15 is 0 Å². The Morgan fingerprint density at radius 3 is 2.52 bits per heavy atom. The fraction of sp³-hybridized carbons (Fsp3) is 0.385. The van der Waals surface area contributed by atoms with Gasteiger partial charge in [0.1, 0.15) is 12.4 Å². The Bertz CT molecular complexity index is 935. The van der Waals surface area contributed by atoms with Crippen molar-refractivity contribution in [1.29, 1.82) is 0 Å². The van der Waals surface area contributed by atoms with E-state index in [-0.39, 0.29) is 5.91 Å². The topological polar surface area (TPSA) is 41.9 Å². The van der Waals surface area contributed by atoms with E-state index in [0.717, 1.165) is 60.8 Å². The van der Waals surface area contributed by atoms with Crippen molar-refractivity contribution in [2.45, 2.75) is 53.1 Å². The Kier molecular flexibility index (Phi) is 8.77. The summed E-state index contributed by atoms with van der Waals surface area (Å²) >= 11 is 1.48. The standard InChI is InChI=1S/C26H32N2O2S/c1-4-6-16-27-26-28(17-7-5-2)25(29)24(31-26)18-22-10-8-9-11-23(22)30-19-21-14-12-20(3)13-15-21/h8-15,18H,4-7,16-17,19H2,1-3H3/b24-18-,27-26?. The number of hydrogen-bond acceptors (Lipinski definition) is 4. The lowest BCUT2D eigenvalue weighted by molar-refractivity contribution is -0.122. The summed E-state index contributed by atoms with van der Waals surface area (Å²) in [4.78, 5) is 20.3. The van der Waals surface area contributed by atoms with E-state index in [1.54, 1.807) is 0 Å². The number of carbonyl (C=O) groups is 1. The van der Waals surface area contributed by atoms with Crippen molar-refractivity contribution in [3.8, 4) is 5.75 Å². The monoisotopic (exact) mass is 436 g/mol. The Morgan fingerprint density at radius 2 is 1.77 bits per heavy atom. The predicted octanol–water partition coefficient (Wildman–Crippen LogP) is 6.45. The number of hydrogen-bond donors (Lipinski definition) is 0. The molecule has 3 rings (SSSR count). The van der Waals surface area contributed by atoms with Crippen LogP contribution >= 0.6 is 11.8 Å². The molecular formula is C26H32N2O2S. The van der Waals surface area contributed by atoms with Crippen molar-refractivity contribution in [3.05, 3.63) is 70.1 Å². The highest BCUT2D eigenvalue weighted by atomic mass is 32.2. The molecule has 0 saturated carbocycles. The number of carbonyl (C=O) groups excluding carboxylic acids is 1. The maximum atomic E-state index is 13.1. The van der Waals surface area contributed by atoms with Gasteiger partial charge in [0.25, 0.3) is 5.91 Å². The Hall–Kier alpha value is -2.53. The molecule has 164 valence electrons. The number of para-hydroxylation sites is 1. The van der Waals surface area contributed by atoms with Crippen molar-refractivity contribution >= 4 is 28.9 Å². The van der Waals surface area contributed by atoms with E-state index in [0.29, 0.717) is 11.5 Å². The highest BCUT2D eigenvalue weighted by molar-refractivity contribution is 8.18. The number of benzene rings is 2. The van der Waals surface area contributed by atoms with Gasteiger partial charge in [-0.25, -0.2) is 0 Å². The minimum absolute atomic E-state index is 0.0436. The number of amides is 1. The average molecular weight is 437 g/mol. The molecule has 2 aromatic rings. The van der Waals surface area contributed by atoms with Gasteiger partial charge >= 0.3 is 0 Å². The Balaban J connectivity index is 1.79. The minimum atomic E-state index is 0.0436. The van der Waals surface area contributed by atoms with E-state index in [4.69, 9.17) is 9.73 Å². The molecule has 0 bridgehead atoms. The highest BCUT2D eigenvalue weighted by Crippen LogP contribution is 2.34. The molecule has 2 aromatic carbocycles. The van der Waals surface area contributed by atoms with Gasteiger partial charge in [-0.3, -0.25) is 14.7 Å². The number of aliphatic imine (C=N–C) groups is 1. The number of nitrogens with zero attached hydrogens (tertiary/aromatic N) is 2. The van der Waals surface area contributed by atoms with Gasteiger partial charge in [0.05, 0.1) is 4.91 Å². The molecule has 1 aliphatic rings. The lowest BCUT2D eigenvalue weighted by atomic mass is 10.1.